The van der Waals surface area contributed by atoms with Crippen molar-refractivity contribution in [2.75, 3.05) is 0 Å². The van der Waals surface area contributed by atoms with E-state index in [-0.39, 0.29) is 11.3 Å². The summed E-state index contributed by atoms with van der Waals surface area (Å²) in [5.41, 5.74) is -0.583. The molecule has 0 N–H and O–H groups in total. The summed E-state index contributed by atoms with van der Waals surface area (Å²) in [6, 6.07) is 13.2. The molecule has 2 atom stereocenters. The largest absolute Gasteiger partial charge is 0.416 e. The van der Waals surface area contributed by atoms with Crippen LogP contribution in [0, 0.1) is 5.92 Å². The Hall–Kier alpha value is -2.40. The summed E-state index contributed by atoms with van der Waals surface area (Å²) in [7, 11) is -1.02. The van der Waals surface area contributed by atoms with E-state index in [1.165, 1.54) is 6.07 Å². The van der Waals surface area contributed by atoms with E-state index in [2.05, 4.69) is 0 Å². The van der Waals surface area contributed by atoms with Crippen LogP contribution in [0.4, 0.5) is 13.2 Å². The number of thiol groups is 1. The highest BCUT2D eigenvalue weighted by atomic mass is 32.2. The van der Waals surface area contributed by atoms with Crippen LogP contribution in [0.15, 0.2) is 82.6 Å². The molecular weight excluding hydrogens is 345 g/mol. The third-order valence-corrected chi connectivity index (χ3v) is 7.02. The molecule has 0 bridgehead atoms. The number of carbonyl (C=O) groups excluding carboxylic acids is 1. The lowest BCUT2D eigenvalue weighted by molar-refractivity contribution is -0.137. The third-order valence-electron chi connectivity index (χ3n) is 4.39. The molecule has 0 spiro atoms. The van der Waals surface area contributed by atoms with Crippen LogP contribution in [-0.2, 0) is 16.7 Å². The van der Waals surface area contributed by atoms with Gasteiger partial charge in [-0.1, -0.05) is 46.9 Å². The summed E-state index contributed by atoms with van der Waals surface area (Å²) in [5.74, 6) is -0.737. The fraction of sp³-hybridized carbons (Fsp3) is 0.100. The van der Waals surface area contributed by atoms with Gasteiger partial charge in [0.25, 0.3) is 0 Å². The molecule has 2 aromatic rings. The molecule has 0 aromatic heterocycles. The number of halogens is 3. The summed E-state index contributed by atoms with van der Waals surface area (Å²) < 4.78 is 39.3. The first-order valence-corrected chi connectivity index (χ1v) is 9.13. The summed E-state index contributed by atoms with van der Waals surface area (Å²) in [5, 5.41) is 0. The number of alkyl halides is 3. The van der Waals surface area contributed by atoms with Crippen LogP contribution in [0.3, 0.4) is 0 Å². The molecule has 1 aliphatic carbocycles. The van der Waals surface area contributed by atoms with Crippen molar-refractivity contribution in [1.29, 1.82) is 0 Å². The molecule has 4 rings (SSSR count). The Labute approximate surface area is 145 Å². The molecule has 2 aromatic carbocycles. The van der Waals surface area contributed by atoms with Crippen molar-refractivity contribution in [2.45, 2.75) is 16.0 Å². The zero-order chi connectivity index (χ0) is 17.6. The number of benzene rings is 2. The molecule has 0 amide bonds. The molecule has 2 unspecified atom stereocenters. The number of fused-ring (bicyclic) bond motifs is 2. The maximum absolute atomic E-state index is 13.1. The summed E-state index contributed by atoms with van der Waals surface area (Å²) in [4.78, 5) is 15.5. The van der Waals surface area contributed by atoms with Crippen molar-refractivity contribution in [3.8, 4) is 0 Å². The van der Waals surface area contributed by atoms with Crippen LogP contribution in [0.5, 0.6) is 0 Å². The van der Waals surface area contributed by atoms with Gasteiger partial charge in [0.2, 0.25) is 0 Å². The van der Waals surface area contributed by atoms with Crippen molar-refractivity contribution in [3.05, 3.63) is 84.0 Å². The van der Waals surface area contributed by atoms with Crippen molar-refractivity contribution in [2.24, 2.45) is 5.92 Å². The number of hydrogen-bond acceptors (Lipinski definition) is 1. The summed E-state index contributed by atoms with van der Waals surface area (Å²) >= 11 is 0. The molecule has 5 heteroatoms. The minimum absolute atomic E-state index is 0.193. The second kappa shape index (κ2) is 5.85. The van der Waals surface area contributed by atoms with Gasteiger partial charge in [-0.15, -0.1) is 0 Å². The van der Waals surface area contributed by atoms with Gasteiger partial charge >= 0.3 is 6.18 Å². The number of rotatable bonds is 1. The number of ketones is 1. The lowest BCUT2D eigenvalue weighted by Crippen LogP contribution is -2.32. The molecule has 0 saturated heterocycles. The van der Waals surface area contributed by atoms with E-state index in [4.69, 9.17) is 0 Å². The molecule has 126 valence electrons. The minimum Gasteiger partial charge on any atom is -0.293 e. The highest BCUT2D eigenvalue weighted by Crippen LogP contribution is 2.37. The van der Waals surface area contributed by atoms with Crippen LogP contribution in [-0.4, -0.2) is 10.6 Å². The first kappa shape index (κ1) is 16.1. The van der Waals surface area contributed by atoms with Gasteiger partial charge in [-0.05, 0) is 36.4 Å². The highest BCUT2D eigenvalue weighted by Gasteiger charge is 2.40. The van der Waals surface area contributed by atoms with Crippen LogP contribution >= 0.6 is 0 Å². The second-order valence-electron chi connectivity index (χ2n) is 5.91. The van der Waals surface area contributed by atoms with Crippen LogP contribution in [0.1, 0.15) is 15.9 Å². The van der Waals surface area contributed by atoms with E-state index in [0.29, 0.717) is 4.90 Å². The maximum atomic E-state index is 13.1. The predicted octanol–water partition coefficient (Wildman–Crippen LogP) is 4.58. The molecule has 1 nitrogen and oxygen atoms in total. The molecule has 0 saturated carbocycles. The Morgan fingerprint density at radius 3 is 2.44 bits per heavy atom. The van der Waals surface area contributed by atoms with E-state index in [0.717, 1.165) is 21.9 Å². The van der Waals surface area contributed by atoms with Gasteiger partial charge in [0.05, 0.1) is 11.1 Å². The lowest BCUT2D eigenvalue weighted by Gasteiger charge is -2.24. The summed E-state index contributed by atoms with van der Waals surface area (Å²) in [6.07, 6.45) is 2.91. The maximum Gasteiger partial charge on any atom is 0.416 e. The second-order valence-corrected chi connectivity index (χ2v) is 8.10. The van der Waals surface area contributed by atoms with Gasteiger partial charge in [0.1, 0.15) is 20.6 Å². The van der Waals surface area contributed by atoms with Crippen molar-refractivity contribution < 1.29 is 18.0 Å². The quantitative estimate of drug-likeness (QED) is 0.414. The van der Waals surface area contributed by atoms with Gasteiger partial charge in [-0.2, -0.15) is 13.2 Å². The first-order chi connectivity index (χ1) is 12.0. The van der Waals surface area contributed by atoms with E-state index < -0.39 is 28.1 Å². The Balaban J connectivity index is 2.01. The Kier molecular flexibility index (Phi) is 3.76. The monoisotopic (exact) mass is 359 g/mol. The average Bonchev–Trinajstić information content (AvgIpc) is 2.62. The molecular formula is C20H14F3OS+. The van der Waals surface area contributed by atoms with Gasteiger partial charge in [-0.25, -0.2) is 0 Å². The number of carbonyl (C=O) groups is 1. The van der Waals surface area contributed by atoms with E-state index in [9.17, 15) is 18.0 Å². The average molecular weight is 359 g/mol. The van der Waals surface area contributed by atoms with Gasteiger partial charge < -0.3 is 0 Å². The molecule has 1 aliphatic heterocycles. The minimum atomic E-state index is -4.46. The first-order valence-electron chi connectivity index (χ1n) is 7.79. The Morgan fingerprint density at radius 1 is 0.960 bits per heavy atom. The normalized spacial score (nSPS) is 21.9. The third kappa shape index (κ3) is 2.68. The molecule has 1 heterocycles. The van der Waals surface area contributed by atoms with E-state index >= 15 is 0 Å². The smallest absolute Gasteiger partial charge is 0.293 e. The predicted molar refractivity (Wildman–Crippen MR) is 94.3 cm³/mol. The standard InChI is InChI=1S/C20H13F3OS/c21-20(22,23)13-10-11-18-16(12-13)19(24)15-8-4-5-9-17(15)25(18)14-6-2-1-3-7-14/h1-12,15H/p+1. The fourth-order valence-corrected chi connectivity index (χ4v) is 5.92. The molecule has 0 radical (unpaired) electrons. The zero-order valence-corrected chi connectivity index (χ0v) is 13.9. The molecule has 2 aliphatic rings. The van der Waals surface area contributed by atoms with Gasteiger partial charge in [-0.3, -0.25) is 4.79 Å². The van der Waals surface area contributed by atoms with Crippen LogP contribution < -0.4 is 0 Å². The fourth-order valence-electron chi connectivity index (χ4n) is 3.24. The van der Waals surface area contributed by atoms with Crippen molar-refractivity contribution in [3.63, 3.8) is 0 Å². The zero-order valence-electron chi connectivity index (χ0n) is 13.0. The van der Waals surface area contributed by atoms with Crippen LogP contribution in [0.25, 0.3) is 0 Å². The van der Waals surface area contributed by atoms with Crippen molar-refractivity contribution >= 4 is 21.1 Å². The van der Waals surface area contributed by atoms with Gasteiger partial charge in [0, 0.05) is 0 Å². The molecule has 25 heavy (non-hydrogen) atoms. The van der Waals surface area contributed by atoms with Crippen LogP contribution in [0.2, 0.25) is 0 Å². The number of hydrogen-bond donors (Lipinski definition) is 0. The van der Waals surface area contributed by atoms with Crippen molar-refractivity contribution in [1.82, 2.24) is 0 Å². The summed E-state index contributed by atoms with van der Waals surface area (Å²) in [6.45, 7) is 0. The SMILES string of the molecule is O=C1c2cc(C(F)(F)F)ccc2[SH+](c2ccccc2)=C2C=CC=CC12. The molecule has 0 fully saturated rings. The topological polar surface area (TPSA) is 17.1 Å². The van der Waals surface area contributed by atoms with Gasteiger partial charge in [0.15, 0.2) is 5.78 Å². The van der Waals surface area contributed by atoms with E-state index in [1.807, 2.05) is 42.5 Å². The number of Topliss-reactive ketones (excluding diaryl/α,β-unsaturated/α-hetero) is 1. The Bertz CT molecular complexity index is 953. The van der Waals surface area contributed by atoms with E-state index in [1.54, 1.807) is 12.2 Å². The Morgan fingerprint density at radius 2 is 1.72 bits per heavy atom. The number of allylic oxidation sites excluding steroid dienone is 4. The lowest BCUT2D eigenvalue weighted by atomic mass is 9.90. The highest BCUT2D eigenvalue weighted by molar-refractivity contribution is 7.97.